The number of aryl methyl sites for hydroxylation is 2. The summed E-state index contributed by atoms with van der Waals surface area (Å²) in [7, 11) is 4.25. The minimum absolute atomic E-state index is 0.280. The Balaban J connectivity index is 1.77. The van der Waals surface area contributed by atoms with E-state index < -0.39 is 0 Å². The Labute approximate surface area is 134 Å². The van der Waals surface area contributed by atoms with Gasteiger partial charge in [-0.2, -0.15) is 0 Å². The maximum Gasteiger partial charge on any atom is 0.223 e. The van der Waals surface area contributed by atoms with Gasteiger partial charge in [-0.1, -0.05) is 13.3 Å². The molecule has 0 aromatic carbocycles. The molecule has 124 valence electrons. The van der Waals surface area contributed by atoms with Gasteiger partial charge in [-0.15, -0.1) is 0 Å². The number of unbranched alkanes of at least 4 members (excludes halogenated alkanes) is 1. The monoisotopic (exact) mass is 306 g/mol. The van der Waals surface area contributed by atoms with Crippen LogP contribution in [0.15, 0.2) is 12.4 Å². The number of hydrogen-bond donors (Lipinski definition) is 0. The largest absolute Gasteiger partial charge is 0.343 e. The van der Waals surface area contributed by atoms with Crippen LogP contribution in [-0.4, -0.2) is 58.5 Å². The molecule has 1 amide bonds. The Hall–Kier alpha value is -1.36. The van der Waals surface area contributed by atoms with Crippen LogP contribution in [0.2, 0.25) is 0 Å². The van der Waals surface area contributed by atoms with Crippen molar-refractivity contribution >= 4 is 5.91 Å². The molecule has 5 heteroatoms. The fraction of sp³-hybridized carbons (Fsp3) is 0.765. The molecule has 0 saturated carbocycles. The zero-order valence-electron chi connectivity index (χ0n) is 14.3. The van der Waals surface area contributed by atoms with Crippen molar-refractivity contribution in [3.05, 3.63) is 18.2 Å². The van der Waals surface area contributed by atoms with Crippen LogP contribution in [0.25, 0.3) is 0 Å². The van der Waals surface area contributed by atoms with Crippen LogP contribution in [0.1, 0.15) is 44.9 Å². The molecule has 2 heterocycles. The molecule has 1 aliphatic heterocycles. The Morgan fingerprint density at radius 3 is 2.73 bits per heavy atom. The van der Waals surface area contributed by atoms with Crippen molar-refractivity contribution in [2.24, 2.45) is 0 Å². The summed E-state index contributed by atoms with van der Waals surface area (Å²) >= 11 is 0. The number of carbonyl (C=O) groups excluding carboxylic acids is 1. The van der Waals surface area contributed by atoms with E-state index in [2.05, 4.69) is 35.5 Å². The number of imidazole rings is 1. The number of rotatable bonds is 7. The molecule has 1 aromatic heterocycles. The lowest BCUT2D eigenvalue weighted by atomic mass is 10.0. The van der Waals surface area contributed by atoms with Crippen LogP contribution >= 0.6 is 0 Å². The van der Waals surface area contributed by atoms with Gasteiger partial charge in [-0.25, -0.2) is 4.98 Å². The van der Waals surface area contributed by atoms with Gasteiger partial charge in [-0.05, 0) is 33.4 Å². The van der Waals surface area contributed by atoms with Crippen LogP contribution in [0, 0.1) is 0 Å². The van der Waals surface area contributed by atoms with Crippen molar-refractivity contribution in [3.8, 4) is 0 Å². The van der Waals surface area contributed by atoms with Gasteiger partial charge in [0, 0.05) is 50.9 Å². The minimum Gasteiger partial charge on any atom is -0.343 e. The maximum atomic E-state index is 12.4. The average Bonchev–Trinajstić information content (AvgIpc) is 2.98. The van der Waals surface area contributed by atoms with Crippen LogP contribution in [0.3, 0.4) is 0 Å². The molecule has 0 radical (unpaired) electrons. The molecule has 5 nitrogen and oxygen atoms in total. The highest BCUT2D eigenvalue weighted by molar-refractivity contribution is 5.76. The van der Waals surface area contributed by atoms with Gasteiger partial charge in [0.25, 0.3) is 0 Å². The van der Waals surface area contributed by atoms with Crippen LogP contribution < -0.4 is 0 Å². The third-order valence-electron chi connectivity index (χ3n) is 4.66. The van der Waals surface area contributed by atoms with Crippen molar-refractivity contribution in [3.63, 3.8) is 0 Å². The third kappa shape index (κ3) is 4.57. The van der Waals surface area contributed by atoms with E-state index in [0.29, 0.717) is 12.5 Å². The van der Waals surface area contributed by atoms with E-state index in [1.165, 1.54) is 6.42 Å². The highest BCUT2D eigenvalue weighted by Crippen LogP contribution is 2.15. The highest BCUT2D eigenvalue weighted by atomic mass is 16.2. The molecule has 1 aliphatic rings. The molecular weight excluding hydrogens is 276 g/mol. The van der Waals surface area contributed by atoms with Gasteiger partial charge in [0.15, 0.2) is 0 Å². The van der Waals surface area contributed by atoms with Crippen molar-refractivity contribution in [1.82, 2.24) is 19.4 Å². The Kier molecular flexibility index (Phi) is 6.43. The second-order valence-corrected chi connectivity index (χ2v) is 6.47. The van der Waals surface area contributed by atoms with Gasteiger partial charge in [0.05, 0.1) is 0 Å². The van der Waals surface area contributed by atoms with E-state index in [4.69, 9.17) is 0 Å². The molecule has 1 saturated heterocycles. The number of amides is 1. The summed E-state index contributed by atoms with van der Waals surface area (Å²) in [5.74, 6) is 1.33. The van der Waals surface area contributed by atoms with Crippen LogP contribution in [0.5, 0.6) is 0 Å². The van der Waals surface area contributed by atoms with Crippen molar-refractivity contribution in [1.29, 1.82) is 0 Å². The first-order chi connectivity index (χ1) is 10.6. The molecule has 0 aliphatic carbocycles. The summed E-state index contributed by atoms with van der Waals surface area (Å²) < 4.78 is 2.19. The number of likely N-dealkylation sites (tertiary alicyclic amines) is 1. The summed E-state index contributed by atoms with van der Waals surface area (Å²) in [6.45, 7) is 4.99. The van der Waals surface area contributed by atoms with Crippen LogP contribution in [-0.2, 0) is 17.8 Å². The van der Waals surface area contributed by atoms with E-state index >= 15 is 0 Å². The number of carbonyl (C=O) groups is 1. The SMILES string of the molecule is CCCCn1ccnc1CCC(=O)N1CCC(N(C)C)CC1. The van der Waals surface area contributed by atoms with E-state index in [-0.39, 0.29) is 5.91 Å². The molecule has 0 bridgehead atoms. The second-order valence-electron chi connectivity index (χ2n) is 6.47. The van der Waals surface area contributed by atoms with E-state index in [1.54, 1.807) is 0 Å². The highest BCUT2D eigenvalue weighted by Gasteiger charge is 2.23. The lowest BCUT2D eigenvalue weighted by Gasteiger charge is -2.35. The molecule has 22 heavy (non-hydrogen) atoms. The van der Waals surface area contributed by atoms with E-state index in [0.717, 1.165) is 51.1 Å². The predicted octanol–water partition coefficient (Wildman–Crippen LogP) is 2.17. The first kappa shape index (κ1) is 17.0. The molecule has 1 fully saturated rings. The number of piperidine rings is 1. The zero-order chi connectivity index (χ0) is 15.9. The number of aromatic nitrogens is 2. The Bertz CT molecular complexity index is 461. The smallest absolute Gasteiger partial charge is 0.223 e. The normalized spacial score (nSPS) is 16.5. The van der Waals surface area contributed by atoms with Gasteiger partial charge < -0.3 is 14.4 Å². The summed E-state index contributed by atoms with van der Waals surface area (Å²) in [5, 5.41) is 0. The zero-order valence-corrected chi connectivity index (χ0v) is 14.3. The number of nitrogens with zero attached hydrogens (tertiary/aromatic N) is 4. The molecule has 1 aromatic rings. The molecule has 0 spiro atoms. The Morgan fingerprint density at radius 1 is 1.36 bits per heavy atom. The van der Waals surface area contributed by atoms with Crippen LogP contribution in [0.4, 0.5) is 0 Å². The average molecular weight is 306 g/mol. The standard InChI is InChI=1S/C17H30N4O/c1-4-5-11-20-14-10-18-16(20)6-7-17(22)21-12-8-15(9-13-21)19(2)3/h10,14-15H,4-9,11-13H2,1-3H3. The van der Waals surface area contributed by atoms with E-state index in [9.17, 15) is 4.79 Å². The molecular formula is C17H30N4O. The van der Waals surface area contributed by atoms with Gasteiger partial charge in [0.2, 0.25) is 5.91 Å². The molecule has 0 unspecified atom stereocenters. The lowest BCUT2D eigenvalue weighted by Crippen LogP contribution is -2.44. The first-order valence-electron chi connectivity index (χ1n) is 8.56. The number of hydrogen-bond acceptors (Lipinski definition) is 3. The van der Waals surface area contributed by atoms with E-state index in [1.807, 2.05) is 17.3 Å². The van der Waals surface area contributed by atoms with Gasteiger partial charge >= 0.3 is 0 Å². The van der Waals surface area contributed by atoms with Crippen molar-refractivity contribution in [2.45, 2.75) is 58.0 Å². The quantitative estimate of drug-likeness (QED) is 0.775. The fourth-order valence-electron chi connectivity index (χ4n) is 3.11. The van der Waals surface area contributed by atoms with Crippen molar-refractivity contribution in [2.75, 3.05) is 27.2 Å². The second kappa shape index (κ2) is 8.32. The summed E-state index contributed by atoms with van der Waals surface area (Å²) in [5.41, 5.74) is 0. The summed E-state index contributed by atoms with van der Waals surface area (Å²) in [6.07, 6.45) is 9.72. The first-order valence-corrected chi connectivity index (χ1v) is 8.56. The minimum atomic E-state index is 0.280. The predicted molar refractivity (Wildman–Crippen MR) is 88.7 cm³/mol. The molecule has 0 atom stereocenters. The molecule has 0 N–H and O–H groups in total. The lowest BCUT2D eigenvalue weighted by molar-refractivity contribution is -0.132. The summed E-state index contributed by atoms with van der Waals surface area (Å²) in [6, 6.07) is 0.622. The van der Waals surface area contributed by atoms with Gasteiger partial charge in [-0.3, -0.25) is 4.79 Å². The summed E-state index contributed by atoms with van der Waals surface area (Å²) in [4.78, 5) is 21.1. The Morgan fingerprint density at radius 2 is 2.09 bits per heavy atom. The maximum absolute atomic E-state index is 12.4. The van der Waals surface area contributed by atoms with Gasteiger partial charge in [0.1, 0.15) is 5.82 Å². The third-order valence-corrected chi connectivity index (χ3v) is 4.66. The molecule has 2 rings (SSSR count). The fourth-order valence-corrected chi connectivity index (χ4v) is 3.11. The van der Waals surface area contributed by atoms with Crippen molar-refractivity contribution < 1.29 is 4.79 Å². The topological polar surface area (TPSA) is 41.4 Å².